The lowest BCUT2D eigenvalue weighted by Crippen LogP contribution is -2.40. The van der Waals surface area contributed by atoms with E-state index >= 15 is 0 Å². The third-order valence-corrected chi connectivity index (χ3v) is 2.10. The number of carboxylic acid groups (broad SMARTS) is 1. The van der Waals surface area contributed by atoms with Crippen LogP contribution >= 0.6 is 0 Å². The van der Waals surface area contributed by atoms with E-state index in [0.717, 1.165) is 12.6 Å². The van der Waals surface area contributed by atoms with Crippen LogP contribution in [0.3, 0.4) is 0 Å². The summed E-state index contributed by atoms with van der Waals surface area (Å²) >= 11 is 0. The molecule has 0 heterocycles. The van der Waals surface area contributed by atoms with Crippen molar-refractivity contribution in [1.82, 2.24) is 5.48 Å². The van der Waals surface area contributed by atoms with Gasteiger partial charge in [-0.25, -0.2) is 9.59 Å². The Balaban J connectivity index is 4.34. The van der Waals surface area contributed by atoms with Crippen molar-refractivity contribution in [2.75, 3.05) is 41.3 Å². The molecule has 0 amide bonds. The van der Waals surface area contributed by atoms with Gasteiger partial charge < -0.3 is 19.2 Å². The van der Waals surface area contributed by atoms with Crippen molar-refractivity contribution in [2.45, 2.75) is 0 Å². The van der Waals surface area contributed by atoms with Gasteiger partial charge in [0.1, 0.15) is 11.3 Å². The molecule has 0 aliphatic heterocycles. The summed E-state index contributed by atoms with van der Waals surface area (Å²) in [5.74, 6) is -2.25. The molecular formula is C12H21N2O5+. The number of carboxylic acids is 1. The zero-order valence-electron chi connectivity index (χ0n) is 11.7. The molecule has 0 saturated carbocycles. The molecule has 0 fully saturated rings. The molecule has 0 rings (SSSR count). The van der Waals surface area contributed by atoms with Gasteiger partial charge in [-0.1, -0.05) is 6.58 Å². The van der Waals surface area contributed by atoms with Crippen molar-refractivity contribution < 1.29 is 28.8 Å². The normalized spacial score (nSPS) is 11.9. The molecule has 0 aliphatic carbocycles. The molecule has 0 aromatic carbocycles. The lowest BCUT2D eigenvalue weighted by molar-refractivity contribution is -0.869. The number of nitrogens with zero attached hydrogens (tertiary/aromatic N) is 1. The molecule has 0 unspecified atom stereocenters. The Morgan fingerprint density at radius 3 is 2.37 bits per heavy atom. The van der Waals surface area contributed by atoms with Gasteiger partial charge in [-0.2, -0.15) is 0 Å². The van der Waals surface area contributed by atoms with Gasteiger partial charge in [0.2, 0.25) is 0 Å². The van der Waals surface area contributed by atoms with E-state index < -0.39 is 11.9 Å². The van der Waals surface area contributed by atoms with Crippen LogP contribution in [0, 0.1) is 0 Å². The van der Waals surface area contributed by atoms with Gasteiger partial charge in [0.15, 0.2) is 0 Å². The zero-order valence-corrected chi connectivity index (χ0v) is 11.7. The van der Waals surface area contributed by atoms with E-state index in [1.165, 1.54) is 7.11 Å². The predicted molar refractivity (Wildman–Crippen MR) is 68.9 cm³/mol. The Morgan fingerprint density at radius 2 is 1.95 bits per heavy atom. The number of carbonyl (C=O) groups excluding carboxylic acids is 1. The molecule has 0 saturated heterocycles. The van der Waals surface area contributed by atoms with E-state index in [-0.39, 0.29) is 11.3 Å². The minimum Gasteiger partial charge on any atom is -0.496 e. The van der Waals surface area contributed by atoms with Crippen molar-refractivity contribution in [3.05, 3.63) is 24.0 Å². The first-order valence-electron chi connectivity index (χ1n) is 5.59. The van der Waals surface area contributed by atoms with Crippen LogP contribution in [0.25, 0.3) is 0 Å². The molecule has 7 heteroatoms. The minimum absolute atomic E-state index is 0.115. The molecular weight excluding hydrogens is 252 g/mol. The molecule has 7 nitrogen and oxygen atoms in total. The Kier molecular flexibility index (Phi) is 6.81. The summed E-state index contributed by atoms with van der Waals surface area (Å²) in [6.07, 6.45) is 0.813. The van der Waals surface area contributed by atoms with Crippen LogP contribution in [-0.2, 0) is 19.2 Å². The number of methoxy groups -OCH3 is 1. The first kappa shape index (κ1) is 17.1. The van der Waals surface area contributed by atoms with Crippen LogP contribution in [-0.4, -0.2) is 62.9 Å². The number of likely N-dealkylation sites (N-methyl/N-ethyl adjacent to an activating group) is 1. The van der Waals surface area contributed by atoms with Crippen LogP contribution in [0.1, 0.15) is 0 Å². The first-order chi connectivity index (χ1) is 8.67. The van der Waals surface area contributed by atoms with Crippen molar-refractivity contribution in [1.29, 1.82) is 0 Å². The van der Waals surface area contributed by atoms with Gasteiger partial charge in [-0.15, -0.1) is 5.48 Å². The number of hydroxylamine groups is 1. The minimum atomic E-state index is -1.31. The van der Waals surface area contributed by atoms with E-state index in [1.807, 2.05) is 21.1 Å². The fourth-order valence-corrected chi connectivity index (χ4v) is 1.02. The number of quaternary nitrogens is 1. The largest absolute Gasteiger partial charge is 0.496 e. The van der Waals surface area contributed by atoms with Crippen LogP contribution < -0.4 is 5.48 Å². The van der Waals surface area contributed by atoms with E-state index in [2.05, 4.69) is 21.6 Å². The fourth-order valence-electron chi connectivity index (χ4n) is 1.02. The highest BCUT2D eigenvalue weighted by atomic mass is 16.7. The molecule has 0 atom stereocenters. The predicted octanol–water partition coefficient (Wildman–Crippen LogP) is -0.0885. The van der Waals surface area contributed by atoms with Crippen LogP contribution in [0.5, 0.6) is 0 Å². The Morgan fingerprint density at radius 1 is 1.37 bits per heavy atom. The molecule has 0 aromatic rings. The van der Waals surface area contributed by atoms with Gasteiger partial charge in [-0.05, 0) is 0 Å². The average Bonchev–Trinajstić information content (AvgIpc) is 2.29. The number of rotatable bonds is 8. The highest BCUT2D eigenvalue weighted by Gasteiger charge is 2.15. The Hall–Kier alpha value is -1.86. The number of hydrogen-bond donors (Lipinski definition) is 2. The smallest absolute Gasteiger partial charge is 0.350 e. The topological polar surface area (TPSA) is 84.9 Å². The lowest BCUT2D eigenvalue weighted by Gasteiger charge is -2.23. The van der Waals surface area contributed by atoms with E-state index in [0.29, 0.717) is 11.0 Å². The summed E-state index contributed by atoms with van der Waals surface area (Å²) in [5, 5.41) is 8.86. The molecule has 0 aliphatic rings. The Labute approximate surface area is 112 Å². The number of ether oxygens (including phenoxy) is 1. The third-order valence-electron chi connectivity index (χ3n) is 2.10. The first-order valence-corrected chi connectivity index (χ1v) is 5.59. The number of aliphatic carboxylic acids is 1. The second-order valence-corrected chi connectivity index (χ2v) is 4.82. The summed E-state index contributed by atoms with van der Waals surface area (Å²) < 4.78 is 5.38. The van der Waals surface area contributed by atoms with E-state index in [9.17, 15) is 9.59 Å². The number of hydrogen-bond acceptors (Lipinski definition) is 5. The summed E-state index contributed by atoms with van der Waals surface area (Å²) in [5.41, 5.74) is 2.12. The Bertz CT molecular complexity index is 382. The van der Waals surface area contributed by atoms with Gasteiger partial charge >= 0.3 is 11.9 Å². The summed E-state index contributed by atoms with van der Waals surface area (Å²) in [6, 6.07) is 0. The maximum absolute atomic E-state index is 11.4. The van der Waals surface area contributed by atoms with Crippen molar-refractivity contribution in [3.63, 3.8) is 0 Å². The summed E-state index contributed by atoms with van der Waals surface area (Å²) in [7, 11) is 7.25. The summed E-state index contributed by atoms with van der Waals surface area (Å²) in [6.45, 7) is 4.57. The van der Waals surface area contributed by atoms with Gasteiger partial charge in [0.25, 0.3) is 0 Å². The van der Waals surface area contributed by atoms with Crippen molar-refractivity contribution in [3.8, 4) is 0 Å². The highest BCUT2D eigenvalue weighted by Crippen LogP contribution is 2.08. The zero-order chi connectivity index (χ0) is 15.1. The molecule has 0 spiro atoms. The second-order valence-electron chi connectivity index (χ2n) is 4.82. The van der Waals surface area contributed by atoms with Gasteiger partial charge in [0.05, 0.1) is 41.3 Å². The molecule has 108 valence electrons. The second kappa shape index (κ2) is 7.55. The lowest BCUT2D eigenvalue weighted by atomic mass is 10.2. The van der Waals surface area contributed by atoms with E-state index in [1.54, 1.807) is 0 Å². The fraction of sp³-hybridized carbons (Fsp3) is 0.500. The molecule has 0 bridgehead atoms. The highest BCUT2D eigenvalue weighted by molar-refractivity contribution is 5.98. The maximum Gasteiger partial charge on any atom is 0.350 e. The quantitative estimate of drug-likeness (QED) is 0.161. The number of carbonyl (C=O) groups is 2. The molecule has 0 aromatic heterocycles. The monoisotopic (exact) mass is 273 g/mol. The standard InChI is InChI=1S/C12H20N2O5/c1-9(18-5)10(12(16)17)8-11(15)19-13-6-7-14(2,3)4/h8,13H,1,6-7H2,2-5H3/p+1/b10-8-. The van der Waals surface area contributed by atoms with Crippen LogP contribution in [0.15, 0.2) is 24.0 Å². The summed E-state index contributed by atoms with van der Waals surface area (Å²) in [4.78, 5) is 26.9. The third kappa shape index (κ3) is 7.96. The molecule has 2 N–H and O–H groups in total. The maximum atomic E-state index is 11.4. The van der Waals surface area contributed by atoms with Crippen LogP contribution in [0.4, 0.5) is 0 Å². The van der Waals surface area contributed by atoms with Gasteiger partial charge in [0, 0.05) is 6.08 Å². The molecule has 19 heavy (non-hydrogen) atoms. The SMILES string of the molecule is C=C(OC)/C(=C/C(=O)ONCC[N+](C)(C)C)C(=O)O. The van der Waals surface area contributed by atoms with Crippen molar-refractivity contribution >= 4 is 11.9 Å². The average molecular weight is 273 g/mol. The molecule has 0 radical (unpaired) electrons. The number of nitrogens with one attached hydrogen (secondary N) is 1. The van der Waals surface area contributed by atoms with Gasteiger partial charge in [-0.3, -0.25) is 0 Å². The van der Waals surface area contributed by atoms with Crippen molar-refractivity contribution in [2.24, 2.45) is 0 Å². The van der Waals surface area contributed by atoms with Crippen LogP contribution in [0.2, 0.25) is 0 Å². The van der Waals surface area contributed by atoms with E-state index in [4.69, 9.17) is 5.11 Å².